The summed E-state index contributed by atoms with van der Waals surface area (Å²) in [6.07, 6.45) is 3.44. The quantitative estimate of drug-likeness (QED) is 0.262. The van der Waals surface area contributed by atoms with E-state index >= 15 is 0 Å². The first kappa shape index (κ1) is 23.3. The van der Waals surface area contributed by atoms with Gasteiger partial charge in [0.1, 0.15) is 5.82 Å². The highest BCUT2D eigenvalue weighted by molar-refractivity contribution is 7.93. The first-order chi connectivity index (χ1) is 17.8. The number of nitrogens with one attached hydrogen (secondary N) is 1. The third-order valence-corrected chi connectivity index (χ3v) is 8.36. The lowest BCUT2D eigenvalue weighted by Gasteiger charge is -2.18. The van der Waals surface area contributed by atoms with Gasteiger partial charge in [0, 0.05) is 22.6 Å². The van der Waals surface area contributed by atoms with Gasteiger partial charge in [-0.05, 0) is 58.0 Å². The third kappa shape index (κ3) is 4.05. The van der Waals surface area contributed by atoms with E-state index in [2.05, 4.69) is 30.1 Å². The number of aromatic amines is 1. The molecule has 4 aromatic carbocycles. The number of nitrogens with zero attached hydrogens (tertiary/aromatic N) is 3. The maximum absolute atomic E-state index is 14.2. The molecule has 1 N–H and O–H groups in total. The Kier molecular flexibility index (Phi) is 5.53. The Labute approximate surface area is 214 Å². The Morgan fingerprint density at radius 1 is 0.892 bits per heavy atom. The number of H-pyrrole nitrogens is 1. The highest BCUT2D eigenvalue weighted by Crippen LogP contribution is 2.41. The van der Waals surface area contributed by atoms with Gasteiger partial charge in [-0.3, -0.25) is 5.10 Å². The maximum atomic E-state index is 14.2. The molecule has 0 aliphatic carbocycles. The lowest BCUT2D eigenvalue weighted by Crippen LogP contribution is -2.02. The van der Waals surface area contributed by atoms with Crippen molar-refractivity contribution in [1.82, 2.24) is 15.2 Å². The Hall–Kier alpha value is -4.10. The molecule has 0 saturated heterocycles. The average molecular weight is 509 g/mol. The van der Waals surface area contributed by atoms with E-state index in [0.717, 1.165) is 49.3 Å². The summed E-state index contributed by atoms with van der Waals surface area (Å²) in [5.41, 5.74) is 3.43. The zero-order chi connectivity index (χ0) is 25.7. The molecule has 0 radical (unpaired) electrons. The van der Waals surface area contributed by atoms with Gasteiger partial charge in [0.25, 0.3) is 0 Å². The van der Waals surface area contributed by atoms with Gasteiger partial charge in [-0.2, -0.15) is 9.46 Å². The first-order valence-corrected chi connectivity index (χ1v) is 14.0. The molecule has 5 nitrogen and oxygen atoms in total. The van der Waals surface area contributed by atoms with E-state index in [9.17, 15) is 8.60 Å². The van der Waals surface area contributed by atoms with Crippen LogP contribution in [0, 0.1) is 5.82 Å². The van der Waals surface area contributed by atoms with Gasteiger partial charge in [0.05, 0.1) is 32.0 Å². The van der Waals surface area contributed by atoms with E-state index < -0.39 is 9.73 Å². The summed E-state index contributed by atoms with van der Waals surface area (Å²) < 4.78 is 32.9. The predicted octanol–water partition coefficient (Wildman–Crippen LogP) is 7.98. The van der Waals surface area contributed by atoms with Gasteiger partial charge < -0.3 is 0 Å². The number of hydrogen-bond acceptors (Lipinski definition) is 4. The van der Waals surface area contributed by atoms with Gasteiger partial charge >= 0.3 is 0 Å². The number of aromatic nitrogens is 3. The van der Waals surface area contributed by atoms with Crippen molar-refractivity contribution in [3.63, 3.8) is 0 Å². The second-order valence-corrected chi connectivity index (χ2v) is 11.8. The van der Waals surface area contributed by atoms with E-state index in [0.29, 0.717) is 10.7 Å². The van der Waals surface area contributed by atoms with Crippen molar-refractivity contribution in [2.45, 2.75) is 24.7 Å². The molecule has 0 aliphatic heterocycles. The standard InChI is InChI=1S/C30H25FN4OS/c1-18(2)29-28(20-11-13-22(31)14-12-20)24-15-21-17-32-34-26(21)16-25(24)30(33-29)35-37(3,36)27-10-6-8-19-7-4-5-9-23(19)27/h4-18H,1-3H3,(H,32,34). The predicted molar refractivity (Wildman–Crippen MR) is 149 cm³/mol. The number of pyridine rings is 1. The molecular weight excluding hydrogens is 483 g/mol. The molecule has 0 amide bonds. The Morgan fingerprint density at radius 3 is 2.43 bits per heavy atom. The van der Waals surface area contributed by atoms with Crippen LogP contribution in [0.25, 0.3) is 43.6 Å². The van der Waals surface area contributed by atoms with Crippen molar-refractivity contribution < 1.29 is 8.60 Å². The molecule has 184 valence electrons. The molecule has 37 heavy (non-hydrogen) atoms. The van der Waals surface area contributed by atoms with E-state index in [4.69, 9.17) is 9.35 Å². The molecule has 0 saturated carbocycles. The molecule has 1 unspecified atom stereocenters. The van der Waals surface area contributed by atoms with Gasteiger partial charge in [-0.1, -0.05) is 62.4 Å². The smallest absolute Gasteiger partial charge is 0.170 e. The molecule has 0 fully saturated rings. The molecule has 6 rings (SSSR count). The van der Waals surface area contributed by atoms with E-state index in [1.54, 1.807) is 24.6 Å². The van der Waals surface area contributed by atoms with Gasteiger partial charge in [-0.15, -0.1) is 0 Å². The van der Waals surface area contributed by atoms with Crippen LogP contribution < -0.4 is 0 Å². The minimum atomic E-state index is -2.86. The fourth-order valence-electron chi connectivity index (χ4n) is 4.90. The topological polar surface area (TPSA) is 71.0 Å². The van der Waals surface area contributed by atoms with E-state index in [-0.39, 0.29) is 11.7 Å². The molecule has 0 bridgehead atoms. The average Bonchev–Trinajstić information content (AvgIpc) is 3.35. The summed E-state index contributed by atoms with van der Waals surface area (Å²) in [6.45, 7) is 4.13. The number of halogens is 1. The Balaban J connectivity index is 1.71. The Bertz CT molecular complexity index is 1930. The fourth-order valence-corrected chi connectivity index (χ4v) is 6.39. The summed E-state index contributed by atoms with van der Waals surface area (Å²) in [4.78, 5) is 5.68. The van der Waals surface area contributed by atoms with Crippen molar-refractivity contribution >= 4 is 48.0 Å². The zero-order valence-electron chi connectivity index (χ0n) is 20.7. The van der Waals surface area contributed by atoms with E-state index in [1.807, 2.05) is 48.5 Å². The second-order valence-electron chi connectivity index (χ2n) is 9.58. The number of fused-ring (bicyclic) bond motifs is 3. The summed E-state index contributed by atoms with van der Waals surface area (Å²) in [5, 5.41) is 11.7. The Morgan fingerprint density at radius 2 is 1.65 bits per heavy atom. The van der Waals surface area contributed by atoms with Crippen molar-refractivity contribution in [3.8, 4) is 11.1 Å². The van der Waals surface area contributed by atoms with Gasteiger partial charge in [-0.25, -0.2) is 13.6 Å². The van der Waals surface area contributed by atoms with Crippen LogP contribution in [-0.2, 0) is 9.73 Å². The van der Waals surface area contributed by atoms with Crippen LogP contribution in [0.4, 0.5) is 10.2 Å². The molecule has 1 atom stereocenters. The number of benzene rings is 4. The number of rotatable bonds is 4. The normalized spacial score (nSPS) is 13.4. The van der Waals surface area contributed by atoms with Crippen molar-refractivity contribution in [2.75, 3.05) is 6.26 Å². The van der Waals surface area contributed by atoms with E-state index in [1.165, 1.54) is 12.1 Å². The molecule has 0 spiro atoms. The second kappa shape index (κ2) is 8.78. The van der Waals surface area contributed by atoms with Crippen molar-refractivity contribution in [2.24, 2.45) is 4.36 Å². The number of hydrogen-bond donors (Lipinski definition) is 1. The molecule has 2 aromatic heterocycles. The lowest BCUT2D eigenvalue weighted by atomic mass is 9.92. The van der Waals surface area contributed by atoms with Crippen LogP contribution in [0.5, 0.6) is 0 Å². The van der Waals surface area contributed by atoms with Crippen molar-refractivity contribution in [3.05, 3.63) is 96.6 Å². The zero-order valence-corrected chi connectivity index (χ0v) is 21.5. The lowest BCUT2D eigenvalue weighted by molar-refractivity contribution is 0.628. The molecule has 6 aromatic rings. The monoisotopic (exact) mass is 508 g/mol. The van der Waals surface area contributed by atoms with Crippen LogP contribution >= 0.6 is 0 Å². The van der Waals surface area contributed by atoms with Crippen molar-refractivity contribution in [1.29, 1.82) is 0 Å². The summed E-state index contributed by atoms with van der Waals surface area (Å²) >= 11 is 0. The summed E-state index contributed by atoms with van der Waals surface area (Å²) in [7, 11) is -2.86. The van der Waals surface area contributed by atoms with Gasteiger partial charge in [0.15, 0.2) is 5.82 Å². The largest absolute Gasteiger partial charge is 0.278 e. The minimum absolute atomic E-state index is 0.0453. The van der Waals surface area contributed by atoms with Crippen LogP contribution in [0.1, 0.15) is 25.5 Å². The van der Waals surface area contributed by atoms with Crippen LogP contribution in [0.2, 0.25) is 0 Å². The molecule has 7 heteroatoms. The third-order valence-electron chi connectivity index (χ3n) is 6.67. The first-order valence-electron chi connectivity index (χ1n) is 12.1. The van der Waals surface area contributed by atoms with Crippen LogP contribution in [-0.4, -0.2) is 25.6 Å². The minimum Gasteiger partial charge on any atom is -0.278 e. The molecule has 0 aliphatic rings. The fraction of sp³-hybridized carbons (Fsp3) is 0.133. The highest BCUT2D eigenvalue weighted by Gasteiger charge is 2.21. The maximum Gasteiger partial charge on any atom is 0.170 e. The van der Waals surface area contributed by atoms with Gasteiger partial charge in [0.2, 0.25) is 0 Å². The van der Waals surface area contributed by atoms with Crippen LogP contribution in [0.3, 0.4) is 0 Å². The molecular formula is C30H25FN4OS. The summed E-state index contributed by atoms with van der Waals surface area (Å²) in [6, 6.07) is 24.1. The SMILES string of the molecule is CC(C)c1nc(N=S(C)(=O)c2cccc3ccccc23)c2cc3[nH]ncc3cc2c1-c1ccc(F)cc1. The summed E-state index contributed by atoms with van der Waals surface area (Å²) in [5.74, 6) is 0.169. The molecule has 2 heterocycles. The van der Waals surface area contributed by atoms with Crippen LogP contribution in [0.15, 0.2) is 94.3 Å². The highest BCUT2D eigenvalue weighted by atomic mass is 32.2.